The number of nitrogens with zero attached hydrogens (tertiary/aromatic N) is 3. The third-order valence-corrected chi connectivity index (χ3v) is 1.97. The van der Waals surface area contributed by atoms with Crippen molar-refractivity contribution in [3.05, 3.63) is 29.7 Å². The Morgan fingerprint density at radius 2 is 2.06 bits per heavy atom. The molecule has 16 heavy (non-hydrogen) atoms. The first-order valence-electron chi connectivity index (χ1n) is 4.33. The SMILES string of the molecule is CC(=O)c1nc2cccc(C(F)(F)F)n2n1. The summed E-state index contributed by atoms with van der Waals surface area (Å²) in [7, 11) is 0. The molecule has 0 bridgehead atoms. The first kappa shape index (κ1) is 10.6. The van der Waals surface area contributed by atoms with E-state index in [4.69, 9.17) is 0 Å². The topological polar surface area (TPSA) is 47.3 Å². The molecule has 0 aliphatic heterocycles. The number of fused-ring (bicyclic) bond motifs is 1. The van der Waals surface area contributed by atoms with Crippen LogP contribution in [0.25, 0.3) is 5.65 Å². The third kappa shape index (κ3) is 1.64. The summed E-state index contributed by atoms with van der Waals surface area (Å²) in [6.07, 6.45) is -4.53. The summed E-state index contributed by atoms with van der Waals surface area (Å²) in [5.74, 6) is -0.700. The second kappa shape index (κ2) is 3.29. The standard InChI is InChI=1S/C9H6F3N3O/c1-5(16)8-13-7-4-2-3-6(9(10,11)12)15(7)14-8/h2-4H,1H3. The summed E-state index contributed by atoms with van der Waals surface area (Å²) in [5.41, 5.74) is -0.954. The number of rotatable bonds is 1. The van der Waals surface area contributed by atoms with Gasteiger partial charge in [-0.3, -0.25) is 4.79 Å². The Kier molecular flexibility index (Phi) is 2.18. The average molecular weight is 229 g/mol. The molecule has 0 aromatic carbocycles. The predicted octanol–water partition coefficient (Wildman–Crippen LogP) is 1.95. The van der Waals surface area contributed by atoms with Crippen molar-refractivity contribution in [2.45, 2.75) is 13.1 Å². The van der Waals surface area contributed by atoms with Crippen LogP contribution in [-0.2, 0) is 6.18 Å². The van der Waals surface area contributed by atoms with Gasteiger partial charge >= 0.3 is 6.18 Å². The first-order chi connectivity index (χ1) is 7.39. The van der Waals surface area contributed by atoms with E-state index in [1.54, 1.807) is 0 Å². The number of alkyl halides is 3. The van der Waals surface area contributed by atoms with Crippen LogP contribution in [0.1, 0.15) is 23.2 Å². The van der Waals surface area contributed by atoms with E-state index in [1.165, 1.54) is 19.1 Å². The lowest BCUT2D eigenvalue weighted by atomic mass is 10.3. The number of carbonyl (C=O) groups is 1. The van der Waals surface area contributed by atoms with E-state index in [-0.39, 0.29) is 11.5 Å². The number of aromatic nitrogens is 3. The first-order valence-corrected chi connectivity index (χ1v) is 4.33. The molecular formula is C9H6F3N3O. The van der Waals surface area contributed by atoms with Gasteiger partial charge in [-0.25, -0.2) is 9.50 Å². The lowest BCUT2D eigenvalue weighted by Crippen LogP contribution is -2.12. The Morgan fingerprint density at radius 3 is 2.62 bits per heavy atom. The van der Waals surface area contributed by atoms with Crippen LogP contribution in [0.2, 0.25) is 0 Å². The molecular weight excluding hydrogens is 223 g/mol. The molecule has 0 aliphatic carbocycles. The highest BCUT2D eigenvalue weighted by Crippen LogP contribution is 2.28. The van der Waals surface area contributed by atoms with Crippen LogP contribution in [0, 0.1) is 0 Å². The van der Waals surface area contributed by atoms with Crippen molar-refractivity contribution in [1.82, 2.24) is 14.6 Å². The maximum Gasteiger partial charge on any atom is 0.433 e. The summed E-state index contributed by atoms with van der Waals surface area (Å²) in [4.78, 5) is 14.6. The zero-order valence-electron chi connectivity index (χ0n) is 8.12. The molecule has 4 nitrogen and oxygen atoms in total. The van der Waals surface area contributed by atoms with Crippen LogP contribution in [0.3, 0.4) is 0 Å². The monoisotopic (exact) mass is 229 g/mol. The molecule has 0 saturated carbocycles. The van der Waals surface area contributed by atoms with E-state index < -0.39 is 17.7 Å². The van der Waals surface area contributed by atoms with Gasteiger partial charge in [-0.15, -0.1) is 5.10 Å². The lowest BCUT2D eigenvalue weighted by Gasteiger charge is -2.06. The highest BCUT2D eigenvalue weighted by molar-refractivity contribution is 5.90. The maximum absolute atomic E-state index is 12.6. The van der Waals surface area contributed by atoms with Gasteiger partial charge in [0.05, 0.1) is 0 Å². The van der Waals surface area contributed by atoms with E-state index in [0.29, 0.717) is 4.52 Å². The molecule has 7 heteroatoms. The minimum absolute atomic E-state index is 0.0000231. The van der Waals surface area contributed by atoms with Crippen LogP contribution >= 0.6 is 0 Å². The van der Waals surface area contributed by atoms with Crippen LogP contribution < -0.4 is 0 Å². The average Bonchev–Trinajstić information content (AvgIpc) is 2.58. The molecule has 0 spiro atoms. The van der Waals surface area contributed by atoms with Crippen LogP contribution in [0.15, 0.2) is 18.2 Å². The van der Waals surface area contributed by atoms with Crippen molar-refractivity contribution in [2.24, 2.45) is 0 Å². The van der Waals surface area contributed by atoms with Crippen molar-refractivity contribution < 1.29 is 18.0 Å². The Morgan fingerprint density at radius 1 is 1.38 bits per heavy atom. The summed E-state index contributed by atoms with van der Waals surface area (Å²) in [5, 5.41) is 3.51. The molecule has 0 N–H and O–H groups in total. The molecule has 0 aliphatic rings. The minimum atomic E-state index is -4.53. The second-order valence-corrected chi connectivity index (χ2v) is 3.17. The number of hydrogen-bond acceptors (Lipinski definition) is 3. The van der Waals surface area contributed by atoms with Crippen LogP contribution in [-0.4, -0.2) is 20.4 Å². The number of halogens is 3. The number of carbonyl (C=O) groups excluding carboxylic acids is 1. The zero-order valence-corrected chi connectivity index (χ0v) is 8.12. The van der Waals surface area contributed by atoms with E-state index >= 15 is 0 Å². The fourth-order valence-corrected chi connectivity index (χ4v) is 1.27. The van der Waals surface area contributed by atoms with Gasteiger partial charge in [0.25, 0.3) is 0 Å². The highest BCUT2D eigenvalue weighted by atomic mass is 19.4. The van der Waals surface area contributed by atoms with Gasteiger partial charge < -0.3 is 0 Å². The molecule has 2 aromatic rings. The molecule has 0 fully saturated rings. The van der Waals surface area contributed by atoms with Gasteiger partial charge in [-0.05, 0) is 12.1 Å². The second-order valence-electron chi connectivity index (χ2n) is 3.17. The Hall–Kier alpha value is -1.92. The Bertz CT molecular complexity index is 559. The van der Waals surface area contributed by atoms with E-state index in [1.807, 2.05) is 0 Å². The summed E-state index contributed by atoms with van der Waals surface area (Å²) in [6.45, 7) is 1.20. The normalized spacial score (nSPS) is 12.0. The van der Waals surface area contributed by atoms with Gasteiger partial charge in [0.15, 0.2) is 11.4 Å². The number of pyridine rings is 1. The van der Waals surface area contributed by atoms with Crippen molar-refractivity contribution in [2.75, 3.05) is 0 Å². The van der Waals surface area contributed by atoms with Gasteiger partial charge in [-0.2, -0.15) is 13.2 Å². The molecule has 0 unspecified atom stereocenters. The van der Waals surface area contributed by atoms with Gasteiger partial charge in [-0.1, -0.05) is 6.07 Å². The van der Waals surface area contributed by atoms with E-state index in [0.717, 1.165) is 6.07 Å². The lowest BCUT2D eigenvalue weighted by molar-refractivity contribution is -0.142. The summed E-state index contributed by atoms with van der Waals surface area (Å²) in [6, 6.07) is 3.46. The third-order valence-electron chi connectivity index (χ3n) is 1.97. The Labute approximate surface area is 87.7 Å². The molecule has 84 valence electrons. The van der Waals surface area contributed by atoms with Crippen molar-refractivity contribution in [1.29, 1.82) is 0 Å². The number of Topliss-reactive ketones (excluding diaryl/α,β-unsaturated/α-hetero) is 1. The smallest absolute Gasteiger partial charge is 0.291 e. The van der Waals surface area contributed by atoms with E-state index in [9.17, 15) is 18.0 Å². The molecule has 0 amide bonds. The van der Waals surface area contributed by atoms with Crippen molar-refractivity contribution >= 4 is 11.4 Å². The predicted molar refractivity (Wildman–Crippen MR) is 48.0 cm³/mol. The zero-order chi connectivity index (χ0) is 11.9. The maximum atomic E-state index is 12.6. The molecule has 0 atom stereocenters. The summed E-state index contributed by atoms with van der Waals surface area (Å²) < 4.78 is 38.3. The number of hydrogen-bond donors (Lipinski definition) is 0. The molecule has 0 saturated heterocycles. The van der Waals surface area contributed by atoms with Crippen LogP contribution in [0.5, 0.6) is 0 Å². The quantitative estimate of drug-likeness (QED) is 0.702. The highest BCUT2D eigenvalue weighted by Gasteiger charge is 2.34. The molecule has 2 heterocycles. The van der Waals surface area contributed by atoms with Crippen LogP contribution in [0.4, 0.5) is 13.2 Å². The van der Waals surface area contributed by atoms with Crippen molar-refractivity contribution in [3.8, 4) is 0 Å². The fraction of sp³-hybridized carbons (Fsp3) is 0.222. The number of ketones is 1. The summed E-state index contributed by atoms with van der Waals surface area (Å²) >= 11 is 0. The molecule has 2 aromatic heterocycles. The largest absolute Gasteiger partial charge is 0.433 e. The van der Waals surface area contributed by atoms with E-state index in [2.05, 4.69) is 10.1 Å². The Balaban J connectivity index is 2.73. The molecule has 2 rings (SSSR count). The van der Waals surface area contributed by atoms with Gasteiger partial charge in [0.2, 0.25) is 5.82 Å². The van der Waals surface area contributed by atoms with Gasteiger partial charge in [0.1, 0.15) is 5.69 Å². The minimum Gasteiger partial charge on any atom is -0.291 e. The molecule has 0 radical (unpaired) electrons. The van der Waals surface area contributed by atoms with Crippen molar-refractivity contribution in [3.63, 3.8) is 0 Å². The fourth-order valence-electron chi connectivity index (χ4n) is 1.27. The van der Waals surface area contributed by atoms with Gasteiger partial charge in [0, 0.05) is 6.92 Å².